The standard InChI is InChI=1S/C15H20F2N2O3S/c16-12-6-7-14(13(17)11-12)23(21,22)18-8-4-10-19-9-3-1-2-5-15(19)20/h6-7,11,18H,1-5,8-10H2. The van der Waals surface area contributed by atoms with Gasteiger partial charge in [-0.2, -0.15) is 0 Å². The molecule has 2 rings (SSSR count). The van der Waals surface area contributed by atoms with Gasteiger partial charge in [-0.1, -0.05) is 6.42 Å². The lowest BCUT2D eigenvalue weighted by molar-refractivity contribution is -0.130. The Morgan fingerprint density at radius 2 is 1.96 bits per heavy atom. The fourth-order valence-electron chi connectivity index (χ4n) is 2.52. The lowest BCUT2D eigenvalue weighted by Crippen LogP contribution is -2.34. The summed E-state index contributed by atoms with van der Waals surface area (Å²) in [4.78, 5) is 13.0. The van der Waals surface area contributed by atoms with Crippen LogP contribution in [-0.4, -0.2) is 38.9 Å². The van der Waals surface area contributed by atoms with Gasteiger partial charge in [0.1, 0.15) is 16.5 Å². The molecule has 128 valence electrons. The molecular formula is C15H20F2N2O3S. The van der Waals surface area contributed by atoms with Crippen molar-refractivity contribution in [2.45, 2.75) is 37.0 Å². The van der Waals surface area contributed by atoms with Crippen LogP contribution < -0.4 is 4.72 Å². The Hall–Kier alpha value is -1.54. The van der Waals surface area contributed by atoms with Crippen LogP contribution in [0.1, 0.15) is 32.1 Å². The molecule has 0 atom stereocenters. The summed E-state index contributed by atoms with van der Waals surface area (Å²) in [6.45, 7) is 1.24. The molecule has 0 bridgehead atoms. The highest BCUT2D eigenvalue weighted by atomic mass is 32.2. The van der Waals surface area contributed by atoms with Crippen LogP contribution in [0.2, 0.25) is 0 Å². The van der Waals surface area contributed by atoms with Gasteiger partial charge in [0.2, 0.25) is 15.9 Å². The number of nitrogens with zero attached hydrogens (tertiary/aromatic N) is 1. The van der Waals surface area contributed by atoms with Gasteiger partial charge in [-0.15, -0.1) is 0 Å². The zero-order valence-electron chi connectivity index (χ0n) is 12.7. The van der Waals surface area contributed by atoms with Gasteiger partial charge in [-0.3, -0.25) is 4.79 Å². The fourth-order valence-corrected chi connectivity index (χ4v) is 3.65. The molecule has 0 aliphatic carbocycles. The highest BCUT2D eigenvalue weighted by Gasteiger charge is 2.20. The topological polar surface area (TPSA) is 66.5 Å². The number of halogens is 2. The van der Waals surface area contributed by atoms with Crippen LogP contribution >= 0.6 is 0 Å². The Kier molecular flexibility index (Phi) is 6.06. The number of amides is 1. The summed E-state index contributed by atoms with van der Waals surface area (Å²) in [6, 6.07) is 2.32. The van der Waals surface area contributed by atoms with E-state index in [9.17, 15) is 22.0 Å². The number of carbonyl (C=O) groups excluding carboxylic acids is 1. The van der Waals surface area contributed by atoms with Crippen LogP contribution in [0.25, 0.3) is 0 Å². The second-order valence-electron chi connectivity index (χ2n) is 5.52. The molecule has 0 aromatic heterocycles. The minimum absolute atomic E-state index is 0.0862. The summed E-state index contributed by atoms with van der Waals surface area (Å²) in [7, 11) is -4.03. The van der Waals surface area contributed by atoms with E-state index in [2.05, 4.69) is 4.72 Å². The Balaban J connectivity index is 1.86. The highest BCUT2D eigenvalue weighted by molar-refractivity contribution is 7.89. The lowest BCUT2D eigenvalue weighted by atomic mass is 10.2. The first-order valence-corrected chi connectivity index (χ1v) is 9.11. The largest absolute Gasteiger partial charge is 0.343 e. The van der Waals surface area contributed by atoms with Gasteiger partial charge in [0.25, 0.3) is 0 Å². The van der Waals surface area contributed by atoms with E-state index in [0.29, 0.717) is 32.0 Å². The van der Waals surface area contributed by atoms with Gasteiger partial charge in [-0.25, -0.2) is 21.9 Å². The Bertz CT molecular complexity index is 665. The van der Waals surface area contributed by atoms with Gasteiger partial charge in [0.15, 0.2) is 0 Å². The second kappa shape index (κ2) is 7.83. The third-order valence-electron chi connectivity index (χ3n) is 3.75. The van der Waals surface area contributed by atoms with E-state index in [-0.39, 0.29) is 12.5 Å². The lowest BCUT2D eigenvalue weighted by Gasteiger charge is -2.20. The van der Waals surface area contributed by atoms with Crippen LogP contribution in [0, 0.1) is 11.6 Å². The van der Waals surface area contributed by atoms with Crippen LogP contribution in [0.4, 0.5) is 8.78 Å². The van der Waals surface area contributed by atoms with Crippen molar-refractivity contribution in [2.24, 2.45) is 0 Å². The van der Waals surface area contributed by atoms with Gasteiger partial charge < -0.3 is 4.90 Å². The second-order valence-corrected chi connectivity index (χ2v) is 7.25. The molecule has 1 fully saturated rings. The molecule has 1 aliphatic heterocycles. The molecule has 1 N–H and O–H groups in total. The zero-order chi connectivity index (χ0) is 16.9. The monoisotopic (exact) mass is 346 g/mol. The van der Waals surface area contributed by atoms with Crippen molar-refractivity contribution in [3.63, 3.8) is 0 Å². The van der Waals surface area contributed by atoms with Crippen LogP contribution in [0.3, 0.4) is 0 Å². The first-order valence-electron chi connectivity index (χ1n) is 7.62. The number of benzene rings is 1. The molecule has 0 saturated carbocycles. The molecular weight excluding hydrogens is 326 g/mol. The molecule has 0 spiro atoms. The normalized spacial score (nSPS) is 16.4. The Morgan fingerprint density at radius 1 is 1.17 bits per heavy atom. The average Bonchev–Trinajstić information content (AvgIpc) is 2.68. The number of carbonyl (C=O) groups is 1. The van der Waals surface area contributed by atoms with Gasteiger partial charge in [0, 0.05) is 32.1 Å². The summed E-state index contributed by atoms with van der Waals surface area (Å²) in [5.74, 6) is -1.86. The van der Waals surface area contributed by atoms with Crippen molar-refractivity contribution in [3.05, 3.63) is 29.8 Å². The Labute approximate surface area is 134 Å². The minimum Gasteiger partial charge on any atom is -0.343 e. The van der Waals surface area contributed by atoms with Crippen molar-refractivity contribution in [1.29, 1.82) is 0 Å². The molecule has 23 heavy (non-hydrogen) atoms. The molecule has 0 radical (unpaired) electrons. The minimum atomic E-state index is -4.03. The molecule has 5 nitrogen and oxygen atoms in total. The molecule has 8 heteroatoms. The highest BCUT2D eigenvalue weighted by Crippen LogP contribution is 2.15. The van der Waals surface area contributed by atoms with E-state index in [0.717, 1.165) is 31.4 Å². The summed E-state index contributed by atoms with van der Waals surface area (Å²) in [5.41, 5.74) is 0. The predicted octanol–water partition coefficient (Wildman–Crippen LogP) is 2.04. The Morgan fingerprint density at radius 3 is 2.70 bits per heavy atom. The number of hydrogen-bond donors (Lipinski definition) is 1. The van der Waals surface area contributed by atoms with Crippen LogP contribution in [0.5, 0.6) is 0 Å². The first-order chi connectivity index (χ1) is 10.9. The molecule has 1 aromatic rings. The van der Waals surface area contributed by atoms with Gasteiger partial charge in [0.05, 0.1) is 0 Å². The van der Waals surface area contributed by atoms with Gasteiger partial charge >= 0.3 is 0 Å². The van der Waals surface area contributed by atoms with E-state index >= 15 is 0 Å². The molecule has 1 amide bonds. The summed E-state index contributed by atoms with van der Waals surface area (Å²) in [5, 5.41) is 0. The van der Waals surface area contributed by atoms with Crippen molar-refractivity contribution in [2.75, 3.05) is 19.6 Å². The van der Waals surface area contributed by atoms with E-state index in [1.54, 1.807) is 4.90 Å². The van der Waals surface area contributed by atoms with Crippen molar-refractivity contribution >= 4 is 15.9 Å². The van der Waals surface area contributed by atoms with E-state index in [1.807, 2.05) is 0 Å². The molecule has 1 aromatic carbocycles. The maximum atomic E-state index is 13.5. The predicted molar refractivity (Wildman–Crippen MR) is 81.2 cm³/mol. The summed E-state index contributed by atoms with van der Waals surface area (Å²) < 4.78 is 52.6. The van der Waals surface area contributed by atoms with E-state index < -0.39 is 26.6 Å². The maximum Gasteiger partial charge on any atom is 0.243 e. The van der Waals surface area contributed by atoms with Crippen molar-refractivity contribution < 1.29 is 22.0 Å². The average molecular weight is 346 g/mol. The molecule has 1 aliphatic rings. The maximum absolute atomic E-state index is 13.5. The molecule has 0 unspecified atom stereocenters. The van der Waals surface area contributed by atoms with Crippen molar-refractivity contribution in [1.82, 2.24) is 9.62 Å². The number of likely N-dealkylation sites (tertiary alicyclic amines) is 1. The first kappa shape index (κ1) is 17.8. The zero-order valence-corrected chi connectivity index (χ0v) is 13.5. The number of hydrogen-bond acceptors (Lipinski definition) is 3. The number of rotatable bonds is 6. The van der Waals surface area contributed by atoms with Crippen molar-refractivity contribution in [3.8, 4) is 0 Å². The molecule has 1 saturated heterocycles. The number of nitrogens with one attached hydrogen (secondary N) is 1. The summed E-state index contributed by atoms with van der Waals surface area (Å²) >= 11 is 0. The van der Waals surface area contributed by atoms with Crippen LogP contribution in [-0.2, 0) is 14.8 Å². The smallest absolute Gasteiger partial charge is 0.243 e. The summed E-state index contributed by atoms with van der Waals surface area (Å²) in [6.07, 6.45) is 3.85. The SMILES string of the molecule is O=C1CCCCCN1CCCNS(=O)(=O)c1ccc(F)cc1F. The van der Waals surface area contributed by atoms with E-state index in [4.69, 9.17) is 0 Å². The van der Waals surface area contributed by atoms with E-state index in [1.165, 1.54) is 0 Å². The third kappa shape index (κ3) is 4.97. The fraction of sp³-hybridized carbons (Fsp3) is 0.533. The van der Waals surface area contributed by atoms with Gasteiger partial charge in [-0.05, 0) is 31.4 Å². The van der Waals surface area contributed by atoms with Crippen LogP contribution in [0.15, 0.2) is 23.1 Å². The number of sulfonamides is 1. The third-order valence-corrected chi connectivity index (χ3v) is 5.25. The molecule has 1 heterocycles. The quantitative estimate of drug-likeness (QED) is 0.802.